The second kappa shape index (κ2) is 5.36. The molecule has 0 amide bonds. The van der Waals surface area contributed by atoms with Crippen molar-refractivity contribution in [1.29, 1.82) is 0 Å². The summed E-state index contributed by atoms with van der Waals surface area (Å²) in [6.07, 6.45) is 0.758. The minimum Gasteiger partial charge on any atom is -0.329 e. The van der Waals surface area contributed by atoms with E-state index in [1.807, 2.05) is 18.2 Å². The fourth-order valence-electron chi connectivity index (χ4n) is 2.05. The minimum atomic E-state index is -3.43. The van der Waals surface area contributed by atoms with Gasteiger partial charge in [-0.1, -0.05) is 24.3 Å². The van der Waals surface area contributed by atoms with Crippen molar-refractivity contribution in [2.45, 2.75) is 25.9 Å². The normalized spacial score (nSPS) is 18.3. The van der Waals surface area contributed by atoms with Gasteiger partial charge in [0, 0.05) is 25.7 Å². The number of nitrogens with zero attached hydrogens (tertiary/aromatic N) is 1. The van der Waals surface area contributed by atoms with Gasteiger partial charge in [0.25, 0.3) is 10.2 Å². The molecule has 0 aromatic heterocycles. The third-order valence-electron chi connectivity index (χ3n) is 3.14. The topological polar surface area (TPSA) is 75.4 Å². The number of rotatable bonds is 4. The Morgan fingerprint density at radius 2 is 2.06 bits per heavy atom. The Balaban J connectivity index is 2.13. The predicted octanol–water partition coefficient (Wildman–Crippen LogP) is 0.226. The van der Waals surface area contributed by atoms with Gasteiger partial charge in [-0.25, -0.2) is 0 Å². The van der Waals surface area contributed by atoms with Crippen LogP contribution in [-0.2, 0) is 23.2 Å². The van der Waals surface area contributed by atoms with Crippen molar-refractivity contribution >= 4 is 10.2 Å². The van der Waals surface area contributed by atoms with Crippen molar-refractivity contribution in [1.82, 2.24) is 9.03 Å². The van der Waals surface area contributed by atoms with Gasteiger partial charge < -0.3 is 5.73 Å². The average molecular weight is 269 g/mol. The Kier molecular flexibility index (Phi) is 4.01. The highest BCUT2D eigenvalue weighted by Gasteiger charge is 2.27. The van der Waals surface area contributed by atoms with Gasteiger partial charge in [-0.3, -0.25) is 0 Å². The highest BCUT2D eigenvalue weighted by Crippen LogP contribution is 2.20. The van der Waals surface area contributed by atoms with Gasteiger partial charge in [-0.05, 0) is 24.5 Å². The van der Waals surface area contributed by atoms with Crippen LogP contribution in [-0.4, -0.2) is 31.9 Å². The van der Waals surface area contributed by atoms with Crippen molar-refractivity contribution in [2.75, 3.05) is 13.1 Å². The van der Waals surface area contributed by atoms with E-state index >= 15 is 0 Å². The molecule has 1 aliphatic heterocycles. The average Bonchev–Trinajstić information content (AvgIpc) is 2.37. The molecule has 1 aromatic rings. The first-order chi connectivity index (χ1) is 8.53. The molecule has 3 N–H and O–H groups in total. The Morgan fingerprint density at radius 3 is 2.72 bits per heavy atom. The molecule has 1 aromatic carbocycles. The monoisotopic (exact) mass is 269 g/mol. The van der Waals surface area contributed by atoms with Crippen LogP contribution in [0.15, 0.2) is 24.3 Å². The van der Waals surface area contributed by atoms with E-state index in [-0.39, 0.29) is 6.04 Å². The van der Waals surface area contributed by atoms with Gasteiger partial charge >= 0.3 is 0 Å². The molecule has 100 valence electrons. The molecule has 1 heterocycles. The molecule has 6 heteroatoms. The molecule has 0 radical (unpaired) electrons. The molecule has 0 saturated carbocycles. The summed E-state index contributed by atoms with van der Waals surface area (Å²) < 4.78 is 28.3. The lowest BCUT2D eigenvalue weighted by atomic mass is 10.0. The highest BCUT2D eigenvalue weighted by atomic mass is 32.2. The molecule has 0 fully saturated rings. The first kappa shape index (κ1) is 13.5. The van der Waals surface area contributed by atoms with Crippen LogP contribution in [0.5, 0.6) is 0 Å². The smallest absolute Gasteiger partial charge is 0.280 e. The summed E-state index contributed by atoms with van der Waals surface area (Å²) in [6.45, 7) is 3.01. The van der Waals surface area contributed by atoms with E-state index in [1.165, 1.54) is 9.87 Å². The maximum atomic E-state index is 12.1. The largest absolute Gasteiger partial charge is 0.329 e. The summed E-state index contributed by atoms with van der Waals surface area (Å²) in [6, 6.07) is 7.70. The van der Waals surface area contributed by atoms with E-state index in [9.17, 15) is 8.42 Å². The maximum absolute atomic E-state index is 12.1. The molecule has 0 spiro atoms. The third-order valence-corrected chi connectivity index (χ3v) is 4.83. The molecular formula is C12H19N3O2S. The van der Waals surface area contributed by atoms with E-state index in [0.29, 0.717) is 19.6 Å². The van der Waals surface area contributed by atoms with Gasteiger partial charge in [0.15, 0.2) is 0 Å². The lowest BCUT2D eigenvalue weighted by Gasteiger charge is -2.29. The minimum absolute atomic E-state index is 0.243. The van der Waals surface area contributed by atoms with Crippen LogP contribution in [0, 0.1) is 0 Å². The number of nitrogens with two attached hydrogens (primary N) is 1. The van der Waals surface area contributed by atoms with E-state index < -0.39 is 10.2 Å². The summed E-state index contributed by atoms with van der Waals surface area (Å²) in [5.74, 6) is 0. The zero-order valence-electron chi connectivity index (χ0n) is 10.5. The fraction of sp³-hybridized carbons (Fsp3) is 0.500. The van der Waals surface area contributed by atoms with Gasteiger partial charge in [0.05, 0.1) is 0 Å². The second-order valence-corrected chi connectivity index (χ2v) is 6.31. The second-order valence-electron chi connectivity index (χ2n) is 4.61. The zero-order valence-corrected chi connectivity index (χ0v) is 11.3. The van der Waals surface area contributed by atoms with Gasteiger partial charge in [-0.15, -0.1) is 0 Å². The summed E-state index contributed by atoms with van der Waals surface area (Å²) in [7, 11) is -3.43. The lowest BCUT2D eigenvalue weighted by molar-refractivity contribution is 0.380. The number of hydrogen-bond acceptors (Lipinski definition) is 3. The Hall–Kier alpha value is -0.950. The summed E-state index contributed by atoms with van der Waals surface area (Å²) in [5, 5.41) is 0. The SMILES string of the molecule is CC(CN)NS(=O)(=O)N1CCc2ccccc2C1. The number of fused-ring (bicyclic) bond motifs is 1. The van der Waals surface area contributed by atoms with Gasteiger partial charge in [0.2, 0.25) is 0 Å². The first-order valence-electron chi connectivity index (χ1n) is 6.07. The summed E-state index contributed by atoms with van der Waals surface area (Å²) in [5.41, 5.74) is 7.75. The Bertz CT molecular complexity index is 516. The zero-order chi connectivity index (χ0) is 13.2. The standard InChI is InChI=1S/C12H19N3O2S/c1-10(8-13)14-18(16,17)15-7-6-11-4-2-3-5-12(11)9-15/h2-5,10,14H,6-9,13H2,1H3. The Morgan fingerprint density at radius 1 is 1.39 bits per heavy atom. The van der Waals surface area contributed by atoms with Crippen LogP contribution in [0.2, 0.25) is 0 Å². The number of nitrogens with one attached hydrogen (secondary N) is 1. The molecule has 18 heavy (non-hydrogen) atoms. The lowest BCUT2D eigenvalue weighted by Crippen LogP contribution is -2.48. The van der Waals surface area contributed by atoms with Crippen LogP contribution in [0.25, 0.3) is 0 Å². The van der Waals surface area contributed by atoms with Crippen LogP contribution in [0.1, 0.15) is 18.1 Å². The van der Waals surface area contributed by atoms with Gasteiger partial charge in [0.1, 0.15) is 0 Å². The Labute approximate surface area is 108 Å². The van der Waals surface area contributed by atoms with E-state index in [0.717, 1.165) is 12.0 Å². The van der Waals surface area contributed by atoms with Crippen molar-refractivity contribution in [3.8, 4) is 0 Å². The molecule has 0 bridgehead atoms. The van der Waals surface area contributed by atoms with Crippen molar-refractivity contribution in [3.63, 3.8) is 0 Å². The predicted molar refractivity (Wildman–Crippen MR) is 71.1 cm³/mol. The molecule has 2 rings (SSSR count). The van der Waals surface area contributed by atoms with Crippen LogP contribution in [0.4, 0.5) is 0 Å². The molecule has 5 nitrogen and oxygen atoms in total. The van der Waals surface area contributed by atoms with Crippen molar-refractivity contribution in [2.24, 2.45) is 5.73 Å². The molecule has 1 atom stereocenters. The number of benzene rings is 1. The maximum Gasteiger partial charge on any atom is 0.280 e. The molecular weight excluding hydrogens is 250 g/mol. The third kappa shape index (κ3) is 2.89. The van der Waals surface area contributed by atoms with E-state index in [1.54, 1.807) is 6.92 Å². The highest BCUT2D eigenvalue weighted by molar-refractivity contribution is 7.87. The molecule has 1 unspecified atom stereocenters. The fourth-order valence-corrected chi connectivity index (χ4v) is 3.45. The summed E-state index contributed by atoms with van der Waals surface area (Å²) >= 11 is 0. The molecule has 0 saturated heterocycles. The molecule has 0 aliphatic carbocycles. The van der Waals surface area contributed by atoms with Crippen molar-refractivity contribution in [3.05, 3.63) is 35.4 Å². The van der Waals surface area contributed by atoms with Crippen molar-refractivity contribution < 1.29 is 8.42 Å². The van der Waals surface area contributed by atoms with Crippen LogP contribution >= 0.6 is 0 Å². The molecule has 1 aliphatic rings. The quantitative estimate of drug-likeness (QED) is 0.821. The summed E-state index contributed by atoms with van der Waals surface area (Å²) in [4.78, 5) is 0. The van der Waals surface area contributed by atoms with E-state index in [2.05, 4.69) is 10.8 Å². The van der Waals surface area contributed by atoms with Crippen LogP contribution in [0.3, 0.4) is 0 Å². The van der Waals surface area contributed by atoms with Gasteiger partial charge in [-0.2, -0.15) is 17.4 Å². The van der Waals surface area contributed by atoms with Crippen LogP contribution < -0.4 is 10.5 Å². The number of hydrogen-bond donors (Lipinski definition) is 2. The van der Waals surface area contributed by atoms with E-state index in [4.69, 9.17) is 5.73 Å². The first-order valence-corrected chi connectivity index (χ1v) is 7.51.